The van der Waals surface area contributed by atoms with Crippen molar-refractivity contribution >= 4 is 11.9 Å². The van der Waals surface area contributed by atoms with Gasteiger partial charge in [0.2, 0.25) is 0 Å². The summed E-state index contributed by atoms with van der Waals surface area (Å²) in [4.78, 5) is 23.0. The molecule has 2 heterocycles. The Morgan fingerprint density at radius 1 is 1.40 bits per heavy atom. The molecule has 7 heteroatoms. The van der Waals surface area contributed by atoms with Gasteiger partial charge in [-0.15, -0.1) is 0 Å². The van der Waals surface area contributed by atoms with E-state index in [9.17, 15) is 9.59 Å². The van der Waals surface area contributed by atoms with E-state index in [4.69, 9.17) is 13.7 Å². The summed E-state index contributed by atoms with van der Waals surface area (Å²) in [6.07, 6.45) is 1.38. The first-order valence-electron chi connectivity index (χ1n) is 5.97. The smallest absolute Gasteiger partial charge is 0.325 e. The summed E-state index contributed by atoms with van der Waals surface area (Å²) in [5, 5.41) is 6.15. The van der Waals surface area contributed by atoms with Crippen LogP contribution in [0.5, 0.6) is 0 Å². The molecule has 2 aromatic heterocycles. The number of rotatable bonds is 5. The van der Waals surface area contributed by atoms with E-state index >= 15 is 0 Å². The van der Waals surface area contributed by atoms with Gasteiger partial charge >= 0.3 is 5.97 Å². The number of carbonyl (C=O) groups excluding carboxylic acids is 2. The van der Waals surface area contributed by atoms with Crippen molar-refractivity contribution in [1.29, 1.82) is 0 Å². The van der Waals surface area contributed by atoms with Crippen LogP contribution in [-0.4, -0.2) is 23.6 Å². The van der Waals surface area contributed by atoms with Crippen molar-refractivity contribution in [3.8, 4) is 0 Å². The number of nitrogens with zero attached hydrogens (tertiary/aromatic N) is 1. The number of hydrogen-bond donors (Lipinski definition) is 1. The van der Waals surface area contributed by atoms with Gasteiger partial charge in [-0.05, 0) is 26.0 Å². The second-order valence-electron chi connectivity index (χ2n) is 4.12. The van der Waals surface area contributed by atoms with Crippen LogP contribution in [0.25, 0.3) is 0 Å². The zero-order valence-electron chi connectivity index (χ0n) is 11.1. The molecule has 0 saturated carbocycles. The monoisotopic (exact) mass is 278 g/mol. The maximum atomic E-state index is 11.5. The van der Waals surface area contributed by atoms with Crippen molar-refractivity contribution in [1.82, 2.24) is 10.5 Å². The molecule has 0 atom stereocenters. The highest BCUT2D eigenvalue weighted by Crippen LogP contribution is 2.13. The number of esters is 1. The molecule has 1 amide bonds. The van der Waals surface area contributed by atoms with Crippen molar-refractivity contribution < 1.29 is 23.3 Å². The first-order valence-corrected chi connectivity index (χ1v) is 5.97. The van der Waals surface area contributed by atoms with Crippen LogP contribution in [0.3, 0.4) is 0 Å². The molecular formula is C13H14N2O5. The van der Waals surface area contributed by atoms with Gasteiger partial charge in [0.05, 0.1) is 17.5 Å². The molecular weight excluding hydrogens is 264 g/mol. The number of amides is 1. The molecule has 0 bridgehead atoms. The average molecular weight is 278 g/mol. The first kappa shape index (κ1) is 13.9. The highest BCUT2D eigenvalue weighted by atomic mass is 16.5. The number of nitrogens with one attached hydrogen (secondary N) is 1. The summed E-state index contributed by atoms with van der Waals surface area (Å²) in [7, 11) is 0. The van der Waals surface area contributed by atoms with Crippen molar-refractivity contribution in [2.45, 2.75) is 20.5 Å². The second-order valence-corrected chi connectivity index (χ2v) is 4.12. The number of carbonyl (C=O) groups is 2. The zero-order valence-corrected chi connectivity index (χ0v) is 11.1. The van der Waals surface area contributed by atoms with Gasteiger partial charge in [-0.25, -0.2) is 0 Å². The van der Waals surface area contributed by atoms with E-state index in [-0.39, 0.29) is 18.9 Å². The van der Waals surface area contributed by atoms with Crippen LogP contribution in [-0.2, 0) is 16.1 Å². The fourth-order valence-electron chi connectivity index (χ4n) is 1.56. The molecule has 1 N–H and O–H groups in total. The molecule has 0 fully saturated rings. The van der Waals surface area contributed by atoms with Gasteiger partial charge < -0.3 is 19.0 Å². The van der Waals surface area contributed by atoms with Gasteiger partial charge in [0.1, 0.15) is 18.9 Å². The Morgan fingerprint density at radius 3 is 2.80 bits per heavy atom. The van der Waals surface area contributed by atoms with Crippen LogP contribution in [0.15, 0.2) is 27.3 Å². The Morgan fingerprint density at radius 2 is 2.20 bits per heavy atom. The van der Waals surface area contributed by atoms with Crippen LogP contribution >= 0.6 is 0 Å². The maximum absolute atomic E-state index is 11.5. The Labute approximate surface area is 114 Å². The molecule has 106 valence electrons. The van der Waals surface area contributed by atoms with E-state index in [1.165, 1.54) is 12.3 Å². The van der Waals surface area contributed by atoms with E-state index in [0.29, 0.717) is 11.5 Å². The van der Waals surface area contributed by atoms with Crippen molar-refractivity contribution in [3.05, 3.63) is 41.2 Å². The fourth-order valence-corrected chi connectivity index (χ4v) is 1.56. The molecule has 2 aromatic rings. The van der Waals surface area contributed by atoms with E-state index < -0.39 is 11.9 Å². The highest BCUT2D eigenvalue weighted by molar-refractivity contribution is 5.93. The topological polar surface area (TPSA) is 94.6 Å². The Bertz CT molecular complexity index is 581. The van der Waals surface area contributed by atoms with Crippen molar-refractivity contribution in [2.75, 3.05) is 6.54 Å². The van der Waals surface area contributed by atoms with Crippen LogP contribution in [0, 0.1) is 13.8 Å². The lowest BCUT2D eigenvalue weighted by Gasteiger charge is -2.05. The lowest BCUT2D eigenvalue weighted by molar-refractivity contribution is -0.143. The molecule has 0 aliphatic rings. The highest BCUT2D eigenvalue weighted by Gasteiger charge is 2.13. The van der Waals surface area contributed by atoms with Gasteiger partial charge in [0.25, 0.3) is 5.91 Å². The van der Waals surface area contributed by atoms with Gasteiger partial charge in [-0.1, -0.05) is 5.16 Å². The molecule has 2 rings (SSSR count). The van der Waals surface area contributed by atoms with E-state index in [1.54, 1.807) is 19.9 Å². The largest absolute Gasteiger partial charge is 0.459 e. The third-order valence-electron chi connectivity index (χ3n) is 2.70. The minimum Gasteiger partial charge on any atom is -0.459 e. The summed E-state index contributed by atoms with van der Waals surface area (Å²) in [6.45, 7) is 3.33. The first-order chi connectivity index (χ1) is 9.58. The summed E-state index contributed by atoms with van der Waals surface area (Å²) in [6, 6.07) is 3.09. The fraction of sp³-hybridized carbons (Fsp3) is 0.308. The van der Waals surface area contributed by atoms with E-state index in [2.05, 4.69) is 10.5 Å². The predicted molar refractivity (Wildman–Crippen MR) is 66.8 cm³/mol. The molecule has 0 aliphatic carbocycles. The number of aromatic nitrogens is 1. The van der Waals surface area contributed by atoms with E-state index in [0.717, 1.165) is 5.56 Å². The quantitative estimate of drug-likeness (QED) is 0.830. The third-order valence-corrected chi connectivity index (χ3v) is 2.70. The molecule has 0 spiro atoms. The average Bonchev–Trinajstić information content (AvgIpc) is 3.05. The van der Waals surface area contributed by atoms with Gasteiger partial charge in [-0.3, -0.25) is 9.59 Å². The summed E-state index contributed by atoms with van der Waals surface area (Å²) in [5.41, 5.74) is 1.41. The lowest BCUT2D eigenvalue weighted by atomic mass is 10.2. The molecule has 0 saturated heterocycles. The second kappa shape index (κ2) is 6.05. The normalized spacial score (nSPS) is 10.3. The Hall–Kier alpha value is -2.57. The van der Waals surface area contributed by atoms with Crippen LogP contribution in [0.4, 0.5) is 0 Å². The predicted octanol–water partition coefficient (Wildman–Crippen LogP) is 1.36. The molecule has 0 aromatic carbocycles. The minimum absolute atomic E-state index is 0.0661. The zero-order chi connectivity index (χ0) is 14.5. The lowest BCUT2D eigenvalue weighted by Crippen LogP contribution is -2.30. The third kappa shape index (κ3) is 3.25. The summed E-state index contributed by atoms with van der Waals surface area (Å²) in [5.74, 6) is -0.271. The van der Waals surface area contributed by atoms with Gasteiger partial charge in [0, 0.05) is 0 Å². The van der Waals surface area contributed by atoms with Gasteiger partial charge in [0.15, 0.2) is 5.76 Å². The Kier molecular flexibility index (Phi) is 4.19. The van der Waals surface area contributed by atoms with E-state index in [1.807, 2.05) is 0 Å². The minimum atomic E-state index is -0.551. The van der Waals surface area contributed by atoms with Gasteiger partial charge in [-0.2, -0.15) is 0 Å². The summed E-state index contributed by atoms with van der Waals surface area (Å²) >= 11 is 0. The number of ether oxygens (including phenoxy) is 1. The SMILES string of the molecule is Cc1noc(C)c1COC(=O)CNC(=O)c1ccco1. The summed E-state index contributed by atoms with van der Waals surface area (Å²) < 4.78 is 14.9. The molecule has 0 unspecified atom stereocenters. The Balaban J connectivity index is 1.77. The van der Waals surface area contributed by atoms with Crippen molar-refractivity contribution in [3.63, 3.8) is 0 Å². The number of aryl methyl sites for hydroxylation is 2. The van der Waals surface area contributed by atoms with Crippen LogP contribution in [0.1, 0.15) is 27.6 Å². The van der Waals surface area contributed by atoms with Crippen molar-refractivity contribution in [2.24, 2.45) is 0 Å². The molecule has 0 aliphatic heterocycles. The molecule has 0 radical (unpaired) electrons. The maximum Gasteiger partial charge on any atom is 0.325 e. The van der Waals surface area contributed by atoms with Crippen LogP contribution in [0.2, 0.25) is 0 Å². The molecule has 7 nitrogen and oxygen atoms in total. The van der Waals surface area contributed by atoms with Crippen LogP contribution < -0.4 is 5.32 Å². The number of furan rings is 1. The number of hydrogen-bond acceptors (Lipinski definition) is 6. The molecule has 20 heavy (non-hydrogen) atoms. The standard InChI is InChI=1S/C13H14N2O5/c1-8-10(9(2)20-15-8)7-19-12(16)6-14-13(17)11-4-3-5-18-11/h3-5H,6-7H2,1-2H3,(H,14,17).